The summed E-state index contributed by atoms with van der Waals surface area (Å²) in [6.45, 7) is 6.82. The summed E-state index contributed by atoms with van der Waals surface area (Å²) in [5, 5.41) is 6.39. The van der Waals surface area contributed by atoms with E-state index in [1.165, 1.54) is 31.2 Å². The highest BCUT2D eigenvalue weighted by Crippen LogP contribution is 2.23. The van der Waals surface area contributed by atoms with E-state index in [2.05, 4.69) is 10.5 Å². The number of benzene rings is 1. The zero-order chi connectivity index (χ0) is 19.4. The van der Waals surface area contributed by atoms with Crippen LogP contribution in [0, 0.1) is 6.92 Å². The number of nitrogens with one attached hydrogen (secondary N) is 1. The van der Waals surface area contributed by atoms with Crippen LogP contribution in [-0.2, 0) is 9.53 Å². The highest BCUT2D eigenvalue weighted by molar-refractivity contribution is 5.98. The van der Waals surface area contributed by atoms with Gasteiger partial charge < -0.3 is 20.3 Å². The Hall–Kier alpha value is -3.16. The SMILES string of the molecule is Cc1noc(C(C)C)c1C(=O)O[C@@H](C)C(=O)Nc1ccc(C(N)=O)cc1. The van der Waals surface area contributed by atoms with Crippen molar-refractivity contribution in [2.75, 3.05) is 5.32 Å². The summed E-state index contributed by atoms with van der Waals surface area (Å²) in [6.07, 6.45) is -1.03. The van der Waals surface area contributed by atoms with Gasteiger partial charge in [-0.2, -0.15) is 0 Å². The van der Waals surface area contributed by atoms with Crippen LogP contribution < -0.4 is 11.1 Å². The molecule has 1 heterocycles. The summed E-state index contributed by atoms with van der Waals surface area (Å²) >= 11 is 0. The lowest BCUT2D eigenvalue weighted by Gasteiger charge is -2.14. The summed E-state index contributed by atoms with van der Waals surface area (Å²) in [6, 6.07) is 6.05. The molecule has 1 aromatic carbocycles. The Morgan fingerprint density at radius 3 is 2.31 bits per heavy atom. The number of nitrogens with two attached hydrogens (primary N) is 1. The van der Waals surface area contributed by atoms with Crippen molar-refractivity contribution in [1.29, 1.82) is 0 Å². The highest BCUT2D eigenvalue weighted by Gasteiger charge is 2.27. The van der Waals surface area contributed by atoms with Crippen molar-refractivity contribution in [1.82, 2.24) is 5.16 Å². The van der Waals surface area contributed by atoms with Gasteiger partial charge in [-0.15, -0.1) is 0 Å². The molecule has 0 spiro atoms. The van der Waals surface area contributed by atoms with Gasteiger partial charge in [0, 0.05) is 17.2 Å². The topological polar surface area (TPSA) is 125 Å². The Labute approximate surface area is 150 Å². The first-order valence-corrected chi connectivity index (χ1v) is 8.08. The van der Waals surface area contributed by atoms with Crippen molar-refractivity contribution in [2.24, 2.45) is 5.73 Å². The fourth-order valence-corrected chi connectivity index (χ4v) is 2.26. The van der Waals surface area contributed by atoms with Crippen molar-refractivity contribution < 1.29 is 23.6 Å². The fourth-order valence-electron chi connectivity index (χ4n) is 2.26. The zero-order valence-corrected chi connectivity index (χ0v) is 15.0. The lowest BCUT2D eigenvalue weighted by atomic mass is 10.1. The van der Waals surface area contributed by atoms with Crippen LogP contribution in [-0.4, -0.2) is 29.0 Å². The molecule has 26 heavy (non-hydrogen) atoms. The number of nitrogens with zero attached hydrogens (tertiary/aromatic N) is 1. The average Bonchev–Trinajstić information content (AvgIpc) is 2.97. The third-order valence-corrected chi connectivity index (χ3v) is 3.71. The number of carbonyl (C=O) groups is 3. The van der Waals surface area contributed by atoms with Gasteiger partial charge in [0.25, 0.3) is 5.91 Å². The molecule has 138 valence electrons. The molecule has 1 atom stereocenters. The molecule has 3 N–H and O–H groups in total. The molecule has 0 fully saturated rings. The lowest BCUT2D eigenvalue weighted by Crippen LogP contribution is -2.30. The van der Waals surface area contributed by atoms with Crippen LogP contribution >= 0.6 is 0 Å². The summed E-state index contributed by atoms with van der Waals surface area (Å²) in [5.41, 5.74) is 6.59. The van der Waals surface area contributed by atoms with Gasteiger partial charge in [0.1, 0.15) is 5.56 Å². The van der Waals surface area contributed by atoms with Gasteiger partial charge >= 0.3 is 5.97 Å². The van der Waals surface area contributed by atoms with E-state index < -0.39 is 23.9 Å². The Kier molecular flexibility index (Phi) is 5.76. The molecule has 0 aliphatic heterocycles. The molecular weight excluding hydrogens is 338 g/mol. The van der Waals surface area contributed by atoms with Crippen molar-refractivity contribution in [3.8, 4) is 0 Å². The Morgan fingerprint density at radius 2 is 1.77 bits per heavy atom. The van der Waals surface area contributed by atoms with Gasteiger partial charge in [0.15, 0.2) is 11.9 Å². The van der Waals surface area contributed by atoms with Crippen molar-refractivity contribution in [2.45, 2.75) is 39.7 Å². The zero-order valence-electron chi connectivity index (χ0n) is 15.0. The van der Waals surface area contributed by atoms with Crippen molar-refractivity contribution >= 4 is 23.5 Å². The first-order valence-electron chi connectivity index (χ1n) is 8.08. The van der Waals surface area contributed by atoms with E-state index in [0.717, 1.165) is 0 Å². The Morgan fingerprint density at radius 1 is 1.15 bits per heavy atom. The molecule has 2 rings (SSSR count). The molecule has 0 radical (unpaired) electrons. The second-order valence-electron chi connectivity index (χ2n) is 6.14. The molecule has 0 saturated heterocycles. The fraction of sp³-hybridized carbons (Fsp3) is 0.333. The molecule has 2 aromatic rings. The monoisotopic (exact) mass is 359 g/mol. The minimum absolute atomic E-state index is 0.0494. The predicted molar refractivity (Wildman–Crippen MR) is 93.8 cm³/mol. The van der Waals surface area contributed by atoms with Crippen molar-refractivity contribution in [3.63, 3.8) is 0 Å². The first-order chi connectivity index (χ1) is 12.2. The number of hydrogen-bond acceptors (Lipinski definition) is 6. The highest BCUT2D eigenvalue weighted by atomic mass is 16.5. The first kappa shape index (κ1) is 19.2. The van der Waals surface area contributed by atoms with E-state index in [0.29, 0.717) is 22.7 Å². The number of ether oxygens (including phenoxy) is 1. The summed E-state index contributed by atoms with van der Waals surface area (Å²) in [4.78, 5) is 35.7. The molecule has 1 aromatic heterocycles. The number of anilines is 1. The molecule has 8 heteroatoms. The molecule has 8 nitrogen and oxygen atoms in total. The maximum Gasteiger partial charge on any atom is 0.344 e. The Bertz CT molecular complexity index is 824. The van der Waals surface area contributed by atoms with E-state index in [1.54, 1.807) is 6.92 Å². The molecular formula is C18H21N3O5. The third-order valence-electron chi connectivity index (χ3n) is 3.71. The van der Waals surface area contributed by atoms with E-state index in [9.17, 15) is 14.4 Å². The maximum absolute atomic E-state index is 12.4. The number of aryl methyl sites for hydroxylation is 1. The largest absolute Gasteiger partial charge is 0.449 e. The van der Waals surface area contributed by atoms with Gasteiger partial charge in [-0.05, 0) is 38.1 Å². The number of hydrogen-bond donors (Lipinski definition) is 2. The number of amides is 2. The van der Waals surface area contributed by atoms with Gasteiger partial charge in [0.05, 0.1) is 5.69 Å². The quantitative estimate of drug-likeness (QED) is 0.763. The predicted octanol–water partition coefficient (Wildman–Crippen LogP) is 2.39. The molecule has 0 bridgehead atoms. The van der Waals surface area contributed by atoms with E-state index in [-0.39, 0.29) is 11.5 Å². The van der Waals surface area contributed by atoms with Crippen LogP contribution in [0.4, 0.5) is 5.69 Å². The molecule has 2 amide bonds. The second kappa shape index (κ2) is 7.81. The lowest BCUT2D eigenvalue weighted by molar-refractivity contribution is -0.123. The van der Waals surface area contributed by atoms with Gasteiger partial charge in [-0.25, -0.2) is 4.79 Å². The van der Waals surface area contributed by atoms with Crippen LogP contribution in [0.15, 0.2) is 28.8 Å². The van der Waals surface area contributed by atoms with Crippen LogP contribution in [0.1, 0.15) is 58.9 Å². The van der Waals surface area contributed by atoms with Gasteiger partial charge in [0.2, 0.25) is 5.91 Å². The second-order valence-corrected chi connectivity index (χ2v) is 6.14. The van der Waals surface area contributed by atoms with Crippen LogP contribution in [0.25, 0.3) is 0 Å². The molecule has 0 aliphatic carbocycles. The summed E-state index contributed by atoms with van der Waals surface area (Å²) in [5.74, 6) is -1.37. The van der Waals surface area contributed by atoms with Crippen LogP contribution in [0.3, 0.4) is 0 Å². The minimum atomic E-state index is -1.03. The maximum atomic E-state index is 12.4. The molecule has 0 unspecified atom stereocenters. The van der Waals surface area contributed by atoms with E-state index in [4.69, 9.17) is 15.0 Å². The number of esters is 1. The number of aromatic nitrogens is 1. The van der Waals surface area contributed by atoms with E-state index in [1.807, 2.05) is 13.8 Å². The Balaban J connectivity index is 2.04. The third kappa shape index (κ3) is 4.27. The minimum Gasteiger partial charge on any atom is -0.449 e. The standard InChI is InChI=1S/C18H21N3O5/c1-9(2)15-14(10(3)21-26-15)18(24)25-11(4)17(23)20-13-7-5-12(6-8-13)16(19)22/h5-9,11H,1-4H3,(H2,19,22)(H,20,23)/t11-/m0/s1. The molecule has 0 aliphatic rings. The number of primary amides is 1. The van der Waals surface area contributed by atoms with E-state index >= 15 is 0 Å². The van der Waals surface area contributed by atoms with Gasteiger partial charge in [-0.1, -0.05) is 19.0 Å². The summed E-state index contributed by atoms with van der Waals surface area (Å²) in [7, 11) is 0. The number of carbonyl (C=O) groups excluding carboxylic acids is 3. The average molecular weight is 359 g/mol. The normalized spacial score (nSPS) is 11.9. The van der Waals surface area contributed by atoms with Gasteiger partial charge in [-0.3, -0.25) is 9.59 Å². The number of rotatable bonds is 6. The van der Waals surface area contributed by atoms with Crippen LogP contribution in [0.2, 0.25) is 0 Å². The smallest absolute Gasteiger partial charge is 0.344 e. The summed E-state index contributed by atoms with van der Waals surface area (Å²) < 4.78 is 10.4. The van der Waals surface area contributed by atoms with Crippen molar-refractivity contribution in [3.05, 3.63) is 46.8 Å². The van der Waals surface area contributed by atoms with Crippen LogP contribution in [0.5, 0.6) is 0 Å². The molecule has 0 saturated carbocycles.